The van der Waals surface area contributed by atoms with Gasteiger partial charge in [0.05, 0.1) is 22.1 Å². The van der Waals surface area contributed by atoms with Crippen molar-refractivity contribution in [3.05, 3.63) is 192 Å². The summed E-state index contributed by atoms with van der Waals surface area (Å²) in [5.74, 6) is 0. The van der Waals surface area contributed by atoms with E-state index >= 15 is 0 Å². The minimum Gasteiger partial charge on any atom is -0.309 e. The lowest BCUT2D eigenvalue weighted by molar-refractivity contribution is 0.660. The van der Waals surface area contributed by atoms with E-state index in [2.05, 4.69) is 207 Å². The predicted octanol–water partition coefficient (Wildman–Crippen LogP) is 14.2. The first kappa shape index (κ1) is 31.7. The maximum Gasteiger partial charge on any atom is 0.0547 e. The van der Waals surface area contributed by atoms with Gasteiger partial charge in [-0.3, -0.25) is 0 Å². The molecule has 0 aliphatic heterocycles. The molecule has 0 spiro atoms. The number of nitrogens with zero attached hydrogens (tertiary/aromatic N) is 2. The molecule has 2 aromatic heterocycles. The van der Waals surface area contributed by atoms with Crippen LogP contribution in [0.15, 0.2) is 170 Å². The van der Waals surface area contributed by atoms with Crippen LogP contribution >= 0.6 is 0 Å². The number of fused-ring (bicyclic) bond motifs is 12. The molecule has 0 saturated carbocycles. The third kappa shape index (κ3) is 4.11. The van der Waals surface area contributed by atoms with Crippen molar-refractivity contribution in [2.24, 2.45) is 0 Å². The summed E-state index contributed by atoms with van der Waals surface area (Å²) in [6.07, 6.45) is 0. The summed E-state index contributed by atoms with van der Waals surface area (Å²) >= 11 is 0. The zero-order valence-corrected chi connectivity index (χ0v) is 32.1. The molecule has 0 bridgehead atoms. The summed E-state index contributed by atoms with van der Waals surface area (Å²) in [6.45, 7) is 9.53. The summed E-state index contributed by atoms with van der Waals surface area (Å²) in [4.78, 5) is 0. The molecule has 0 unspecified atom stereocenters. The Morgan fingerprint density at radius 3 is 1.62 bits per heavy atom. The lowest BCUT2D eigenvalue weighted by atomic mass is 9.82. The van der Waals surface area contributed by atoms with Crippen molar-refractivity contribution in [2.45, 2.75) is 38.5 Å². The normalized spacial score (nSPS) is 14.7. The zero-order chi connectivity index (χ0) is 37.5. The molecular formula is C54H40N2. The second kappa shape index (κ2) is 11.0. The Labute approximate surface area is 326 Å². The first-order chi connectivity index (χ1) is 27.3. The smallest absolute Gasteiger partial charge is 0.0547 e. The Bertz CT molecular complexity index is 3300. The minimum atomic E-state index is -0.147. The summed E-state index contributed by atoms with van der Waals surface area (Å²) in [5, 5.41) is 5.17. The van der Waals surface area contributed by atoms with Crippen LogP contribution in [0.2, 0.25) is 0 Å². The molecule has 2 aliphatic rings. The Morgan fingerprint density at radius 2 is 0.839 bits per heavy atom. The van der Waals surface area contributed by atoms with Gasteiger partial charge in [0.15, 0.2) is 0 Å². The Balaban J connectivity index is 1.02. The van der Waals surface area contributed by atoms with Gasteiger partial charge in [-0.05, 0) is 116 Å². The van der Waals surface area contributed by atoms with Gasteiger partial charge in [0, 0.05) is 43.7 Å². The van der Waals surface area contributed by atoms with Crippen molar-refractivity contribution in [1.29, 1.82) is 0 Å². The quantitative estimate of drug-likeness (QED) is 0.172. The van der Waals surface area contributed by atoms with Crippen molar-refractivity contribution in [3.63, 3.8) is 0 Å². The van der Waals surface area contributed by atoms with E-state index in [-0.39, 0.29) is 10.8 Å². The van der Waals surface area contributed by atoms with E-state index in [0.717, 1.165) is 0 Å². The highest BCUT2D eigenvalue weighted by Gasteiger charge is 2.38. The average Bonchev–Trinajstić information content (AvgIpc) is 3.88. The fourth-order valence-corrected chi connectivity index (χ4v) is 10.5. The molecule has 0 fully saturated rings. The second-order valence-electron chi connectivity index (χ2n) is 17.0. The molecule has 0 atom stereocenters. The maximum atomic E-state index is 2.50. The lowest BCUT2D eigenvalue weighted by Gasteiger charge is -2.23. The fourth-order valence-electron chi connectivity index (χ4n) is 10.5. The first-order valence-corrected chi connectivity index (χ1v) is 19.9. The topological polar surface area (TPSA) is 9.86 Å². The predicted molar refractivity (Wildman–Crippen MR) is 236 cm³/mol. The first-order valence-electron chi connectivity index (χ1n) is 19.9. The summed E-state index contributed by atoms with van der Waals surface area (Å²) in [6, 6.07) is 63.7. The van der Waals surface area contributed by atoms with Gasteiger partial charge in [0.1, 0.15) is 0 Å². The van der Waals surface area contributed by atoms with Crippen LogP contribution in [0.1, 0.15) is 49.9 Å². The van der Waals surface area contributed by atoms with E-state index in [1.807, 2.05) is 0 Å². The van der Waals surface area contributed by atoms with Crippen LogP contribution in [0.3, 0.4) is 0 Å². The molecule has 2 aliphatic carbocycles. The highest BCUT2D eigenvalue weighted by molar-refractivity contribution is 6.12. The Kier molecular flexibility index (Phi) is 6.22. The van der Waals surface area contributed by atoms with E-state index in [1.54, 1.807) is 0 Å². The van der Waals surface area contributed by atoms with E-state index in [0.29, 0.717) is 0 Å². The van der Waals surface area contributed by atoms with E-state index in [1.165, 1.54) is 111 Å². The summed E-state index contributed by atoms with van der Waals surface area (Å²) in [5.41, 5.74) is 20.6. The van der Waals surface area contributed by atoms with Crippen molar-refractivity contribution in [3.8, 4) is 44.8 Å². The summed E-state index contributed by atoms with van der Waals surface area (Å²) < 4.78 is 4.91. The van der Waals surface area contributed by atoms with Crippen LogP contribution in [0, 0.1) is 0 Å². The van der Waals surface area contributed by atoms with Crippen molar-refractivity contribution < 1.29 is 0 Å². The van der Waals surface area contributed by atoms with Crippen LogP contribution in [-0.2, 0) is 10.8 Å². The van der Waals surface area contributed by atoms with E-state index in [9.17, 15) is 0 Å². The van der Waals surface area contributed by atoms with Gasteiger partial charge in [-0.15, -0.1) is 0 Å². The van der Waals surface area contributed by atoms with Crippen molar-refractivity contribution >= 4 is 43.6 Å². The van der Waals surface area contributed by atoms with Gasteiger partial charge in [0.2, 0.25) is 0 Å². The van der Waals surface area contributed by atoms with E-state index in [4.69, 9.17) is 0 Å². The van der Waals surface area contributed by atoms with Crippen molar-refractivity contribution in [2.75, 3.05) is 0 Å². The largest absolute Gasteiger partial charge is 0.309 e. The second-order valence-corrected chi connectivity index (χ2v) is 17.0. The van der Waals surface area contributed by atoms with Gasteiger partial charge in [0.25, 0.3) is 0 Å². The molecule has 8 aromatic carbocycles. The minimum absolute atomic E-state index is 0.0440. The molecule has 0 saturated heterocycles. The van der Waals surface area contributed by atoms with Gasteiger partial charge < -0.3 is 9.13 Å². The molecule has 266 valence electrons. The SMILES string of the molecule is CC1(C)c2ccc(-c3ccc4c5ccccc5n(-c5ccccc5)c4c3)cc2-c2ccc(-n3c4ccccc4c4cc5c(cc43)-c3ccccc3C5(C)C)cc21. The van der Waals surface area contributed by atoms with Crippen molar-refractivity contribution in [1.82, 2.24) is 9.13 Å². The van der Waals surface area contributed by atoms with Gasteiger partial charge in [-0.2, -0.15) is 0 Å². The van der Waals surface area contributed by atoms with Crippen LogP contribution in [0.25, 0.3) is 88.4 Å². The number of hydrogen-bond acceptors (Lipinski definition) is 0. The zero-order valence-electron chi connectivity index (χ0n) is 32.1. The Morgan fingerprint density at radius 1 is 0.304 bits per heavy atom. The number of hydrogen-bond donors (Lipinski definition) is 0. The van der Waals surface area contributed by atoms with Crippen LogP contribution < -0.4 is 0 Å². The molecule has 0 amide bonds. The van der Waals surface area contributed by atoms with Gasteiger partial charge in [-0.1, -0.05) is 137 Å². The molecular weight excluding hydrogens is 677 g/mol. The van der Waals surface area contributed by atoms with Crippen LogP contribution in [-0.4, -0.2) is 9.13 Å². The number of aromatic nitrogens is 2. The molecule has 56 heavy (non-hydrogen) atoms. The van der Waals surface area contributed by atoms with Crippen LogP contribution in [0.4, 0.5) is 0 Å². The number of benzene rings is 8. The highest BCUT2D eigenvalue weighted by Crippen LogP contribution is 2.53. The highest BCUT2D eigenvalue weighted by atomic mass is 15.0. The average molecular weight is 717 g/mol. The monoisotopic (exact) mass is 716 g/mol. The molecule has 0 N–H and O–H groups in total. The molecule has 12 rings (SSSR count). The molecule has 2 heterocycles. The summed E-state index contributed by atoms with van der Waals surface area (Å²) in [7, 11) is 0. The Hall–Kier alpha value is -6.64. The molecule has 0 radical (unpaired) electrons. The van der Waals surface area contributed by atoms with E-state index < -0.39 is 0 Å². The number of rotatable bonds is 3. The molecule has 2 heteroatoms. The fraction of sp³-hybridized carbons (Fsp3) is 0.111. The molecule has 2 nitrogen and oxygen atoms in total. The van der Waals surface area contributed by atoms with Gasteiger partial charge >= 0.3 is 0 Å². The van der Waals surface area contributed by atoms with Crippen LogP contribution in [0.5, 0.6) is 0 Å². The standard InChI is InChI=1S/C54H40N2/c1-53(2)45-19-11-8-16-37(45)43-32-52-44(31-48(43)53)40-18-10-13-21-50(40)56(52)36-24-26-38-42-28-33(23-27-46(42)54(3,4)47(38)30-36)34-22-25-41-39-17-9-12-20-49(39)55(51(41)29-34)35-14-6-5-7-15-35/h5-32H,1-4H3. The maximum absolute atomic E-state index is 2.50. The lowest BCUT2D eigenvalue weighted by Crippen LogP contribution is -2.15. The van der Waals surface area contributed by atoms with Gasteiger partial charge in [-0.25, -0.2) is 0 Å². The molecule has 10 aromatic rings. The third-order valence-electron chi connectivity index (χ3n) is 13.3. The third-order valence-corrected chi connectivity index (χ3v) is 13.3. The number of para-hydroxylation sites is 3.